The van der Waals surface area contributed by atoms with Gasteiger partial charge < -0.3 is 20.1 Å². The van der Waals surface area contributed by atoms with Crippen LogP contribution in [0.4, 0.5) is 5.69 Å². The van der Waals surface area contributed by atoms with E-state index in [-0.39, 0.29) is 18.2 Å². The predicted octanol–water partition coefficient (Wildman–Crippen LogP) is 0.324. The van der Waals surface area contributed by atoms with E-state index in [0.717, 1.165) is 5.56 Å². The van der Waals surface area contributed by atoms with Crippen molar-refractivity contribution in [3.63, 3.8) is 0 Å². The van der Waals surface area contributed by atoms with E-state index in [1.165, 1.54) is 0 Å². The van der Waals surface area contributed by atoms with Gasteiger partial charge in [0, 0.05) is 25.2 Å². The molecule has 2 aliphatic heterocycles. The van der Waals surface area contributed by atoms with Gasteiger partial charge in [0.15, 0.2) is 0 Å². The van der Waals surface area contributed by atoms with Gasteiger partial charge in [-0.1, -0.05) is 0 Å². The average molecular weight is 276 g/mol. The van der Waals surface area contributed by atoms with Gasteiger partial charge in [-0.05, 0) is 23.8 Å². The molecule has 0 radical (unpaired) electrons. The van der Waals surface area contributed by atoms with Gasteiger partial charge in [0.1, 0.15) is 5.75 Å². The van der Waals surface area contributed by atoms with Crippen LogP contribution in [0.2, 0.25) is 0 Å². The van der Waals surface area contributed by atoms with E-state index in [4.69, 9.17) is 4.74 Å². The van der Waals surface area contributed by atoms with Crippen molar-refractivity contribution in [2.45, 2.75) is 18.4 Å². The molecule has 6 nitrogen and oxygen atoms in total. The zero-order valence-electron chi connectivity index (χ0n) is 11.1. The van der Waals surface area contributed by atoms with E-state index < -0.39 is 12.0 Å². The number of ether oxygens (including phenoxy) is 1. The molecule has 6 heteroatoms. The minimum absolute atomic E-state index is 0.111. The fourth-order valence-corrected chi connectivity index (χ4v) is 2.64. The van der Waals surface area contributed by atoms with E-state index in [1.807, 2.05) is 0 Å². The standard InChI is InChI=1S/C14H16N2O4/c1-20-9-2-3-12-10(4-9)11(5-13(18)15-12)14(19)16-6-8(17)7-16/h2-4,8,11,17H,5-7H2,1H3,(H,15,18)/t11-/m1/s1. The van der Waals surface area contributed by atoms with E-state index >= 15 is 0 Å². The van der Waals surface area contributed by atoms with Crippen molar-refractivity contribution in [1.29, 1.82) is 0 Å². The Morgan fingerprint density at radius 1 is 1.45 bits per heavy atom. The number of nitrogens with zero attached hydrogens (tertiary/aromatic N) is 1. The number of fused-ring (bicyclic) bond motifs is 1. The highest BCUT2D eigenvalue weighted by Gasteiger charge is 2.38. The molecule has 3 rings (SSSR count). The molecule has 1 fully saturated rings. The van der Waals surface area contributed by atoms with Crippen molar-refractivity contribution in [2.75, 3.05) is 25.5 Å². The molecule has 2 heterocycles. The molecular formula is C14H16N2O4. The number of benzene rings is 1. The van der Waals surface area contributed by atoms with E-state index in [2.05, 4.69) is 5.32 Å². The summed E-state index contributed by atoms with van der Waals surface area (Å²) in [5.74, 6) is -0.121. The largest absolute Gasteiger partial charge is 0.497 e. The van der Waals surface area contributed by atoms with Gasteiger partial charge in [0.05, 0.1) is 19.1 Å². The molecule has 20 heavy (non-hydrogen) atoms. The summed E-state index contributed by atoms with van der Waals surface area (Å²) in [4.78, 5) is 25.7. The monoisotopic (exact) mass is 276 g/mol. The van der Waals surface area contributed by atoms with Crippen LogP contribution in [0.25, 0.3) is 0 Å². The highest BCUT2D eigenvalue weighted by molar-refractivity contribution is 6.01. The molecule has 0 aliphatic carbocycles. The number of nitrogens with one attached hydrogen (secondary N) is 1. The third-order valence-corrected chi connectivity index (χ3v) is 3.77. The third-order valence-electron chi connectivity index (χ3n) is 3.77. The van der Waals surface area contributed by atoms with Crippen molar-refractivity contribution in [3.05, 3.63) is 23.8 Å². The number of carbonyl (C=O) groups excluding carboxylic acids is 2. The SMILES string of the molecule is COc1ccc2c(c1)[C@H](C(=O)N1CC(O)C1)CC(=O)N2. The molecule has 2 aliphatic rings. The third kappa shape index (κ3) is 2.12. The van der Waals surface area contributed by atoms with Crippen LogP contribution in [0, 0.1) is 0 Å². The van der Waals surface area contributed by atoms with Crippen LogP contribution in [0.3, 0.4) is 0 Å². The summed E-state index contributed by atoms with van der Waals surface area (Å²) < 4.78 is 5.18. The fourth-order valence-electron chi connectivity index (χ4n) is 2.64. The summed E-state index contributed by atoms with van der Waals surface area (Å²) in [7, 11) is 1.56. The first-order valence-electron chi connectivity index (χ1n) is 6.53. The Kier molecular flexibility index (Phi) is 3.10. The van der Waals surface area contributed by atoms with Crippen LogP contribution in [-0.2, 0) is 9.59 Å². The number of amides is 2. The van der Waals surface area contributed by atoms with Crippen molar-refractivity contribution in [3.8, 4) is 5.75 Å². The van der Waals surface area contributed by atoms with Gasteiger partial charge in [-0.2, -0.15) is 0 Å². The van der Waals surface area contributed by atoms with Crippen LogP contribution in [0.15, 0.2) is 18.2 Å². The maximum atomic E-state index is 12.4. The van der Waals surface area contributed by atoms with E-state index in [1.54, 1.807) is 30.2 Å². The second kappa shape index (κ2) is 4.79. The number of likely N-dealkylation sites (tertiary alicyclic amines) is 1. The van der Waals surface area contributed by atoms with Gasteiger partial charge in [-0.3, -0.25) is 9.59 Å². The number of hydrogen-bond acceptors (Lipinski definition) is 4. The normalized spacial score (nSPS) is 21.8. The lowest BCUT2D eigenvalue weighted by molar-refractivity contribution is -0.144. The number of carbonyl (C=O) groups is 2. The van der Waals surface area contributed by atoms with Crippen LogP contribution < -0.4 is 10.1 Å². The Bertz CT molecular complexity index is 566. The summed E-state index contributed by atoms with van der Waals surface area (Å²) in [6.07, 6.45) is -0.313. The minimum atomic E-state index is -0.499. The van der Waals surface area contributed by atoms with Crippen LogP contribution in [0.1, 0.15) is 17.9 Å². The molecule has 1 aromatic rings. The summed E-state index contributed by atoms with van der Waals surface area (Å²) in [5, 5.41) is 12.1. The number of hydrogen-bond donors (Lipinski definition) is 2. The molecule has 0 aromatic heterocycles. The zero-order valence-corrected chi connectivity index (χ0v) is 11.1. The molecule has 0 spiro atoms. The first kappa shape index (κ1) is 12.9. The number of aliphatic hydroxyl groups is 1. The highest BCUT2D eigenvalue weighted by Crippen LogP contribution is 2.36. The smallest absolute Gasteiger partial charge is 0.230 e. The molecule has 1 saturated heterocycles. The Morgan fingerprint density at radius 3 is 2.85 bits per heavy atom. The number of β-amino-alcohol motifs (C(OH)–C–C–N with tert-alkyl or cyclic N) is 1. The summed E-state index contributed by atoms with van der Waals surface area (Å²) in [6, 6.07) is 5.28. The lowest BCUT2D eigenvalue weighted by atomic mass is 9.88. The molecule has 106 valence electrons. The maximum Gasteiger partial charge on any atom is 0.230 e. The molecule has 1 aromatic carbocycles. The maximum absolute atomic E-state index is 12.4. The van der Waals surface area contributed by atoms with Crippen LogP contribution in [0.5, 0.6) is 5.75 Å². The number of methoxy groups -OCH3 is 1. The van der Waals surface area contributed by atoms with E-state index in [9.17, 15) is 14.7 Å². The Labute approximate surface area is 116 Å². The first-order valence-corrected chi connectivity index (χ1v) is 6.53. The molecule has 0 bridgehead atoms. The Balaban J connectivity index is 1.92. The van der Waals surface area contributed by atoms with E-state index in [0.29, 0.717) is 24.5 Å². The number of anilines is 1. The van der Waals surface area contributed by atoms with Gasteiger partial charge in [-0.25, -0.2) is 0 Å². The van der Waals surface area contributed by atoms with Crippen molar-refractivity contribution < 1.29 is 19.4 Å². The summed E-state index contributed by atoms with van der Waals surface area (Å²) >= 11 is 0. The lowest BCUT2D eigenvalue weighted by Gasteiger charge is -2.39. The fraction of sp³-hybridized carbons (Fsp3) is 0.429. The highest BCUT2D eigenvalue weighted by atomic mass is 16.5. The molecule has 0 unspecified atom stereocenters. The average Bonchev–Trinajstić information content (AvgIpc) is 2.41. The quantitative estimate of drug-likeness (QED) is 0.815. The second-order valence-corrected chi connectivity index (χ2v) is 5.16. The number of aliphatic hydroxyl groups excluding tert-OH is 1. The van der Waals surface area contributed by atoms with Gasteiger partial charge in [0.25, 0.3) is 0 Å². The second-order valence-electron chi connectivity index (χ2n) is 5.16. The van der Waals surface area contributed by atoms with Crippen LogP contribution in [-0.4, -0.2) is 48.1 Å². The molecular weight excluding hydrogens is 260 g/mol. The molecule has 0 saturated carbocycles. The Morgan fingerprint density at radius 2 is 2.20 bits per heavy atom. The zero-order chi connectivity index (χ0) is 14.3. The van der Waals surface area contributed by atoms with Crippen molar-refractivity contribution in [1.82, 2.24) is 4.90 Å². The van der Waals surface area contributed by atoms with Gasteiger partial charge in [-0.15, -0.1) is 0 Å². The van der Waals surface area contributed by atoms with Gasteiger partial charge in [0.2, 0.25) is 11.8 Å². The topological polar surface area (TPSA) is 78.9 Å². The Hall–Kier alpha value is -2.08. The summed E-state index contributed by atoms with van der Waals surface area (Å²) in [6.45, 7) is 0.687. The van der Waals surface area contributed by atoms with Crippen molar-refractivity contribution >= 4 is 17.5 Å². The van der Waals surface area contributed by atoms with Crippen LogP contribution >= 0.6 is 0 Å². The molecule has 1 atom stereocenters. The molecule has 2 N–H and O–H groups in total. The summed E-state index contributed by atoms with van der Waals surface area (Å²) in [5.41, 5.74) is 1.43. The first-order chi connectivity index (χ1) is 9.58. The predicted molar refractivity (Wildman–Crippen MR) is 71.6 cm³/mol. The van der Waals surface area contributed by atoms with Gasteiger partial charge >= 0.3 is 0 Å². The molecule has 2 amide bonds. The lowest BCUT2D eigenvalue weighted by Crippen LogP contribution is -2.55. The van der Waals surface area contributed by atoms with Crippen molar-refractivity contribution in [2.24, 2.45) is 0 Å². The number of rotatable bonds is 2. The minimum Gasteiger partial charge on any atom is -0.497 e.